The van der Waals surface area contributed by atoms with Crippen LogP contribution < -0.4 is 0 Å². The molecule has 5 nitrogen and oxygen atoms in total. The van der Waals surface area contributed by atoms with Crippen LogP contribution in [0.2, 0.25) is 5.28 Å². The molecule has 0 saturated carbocycles. The van der Waals surface area contributed by atoms with Gasteiger partial charge in [0.1, 0.15) is 0 Å². The standard InChI is InChI=1S/C8H4ClN3O2/c9-8-10-4-5-2-1-3-6(12(13)14)7(5)11-8/h1-4H. The Morgan fingerprint density at radius 3 is 2.93 bits per heavy atom. The molecule has 0 aliphatic carbocycles. The number of para-hydroxylation sites is 1. The number of fused-ring (bicyclic) bond motifs is 1. The topological polar surface area (TPSA) is 68.9 Å². The number of nitro groups is 1. The van der Waals surface area contributed by atoms with Crippen molar-refractivity contribution in [1.82, 2.24) is 9.97 Å². The summed E-state index contributed by atoms with van der Waals surface area (Å²) in [4.78, 5) is 17.7. The maximum Gasteiger partial charge on any atom is 0.295 e. The Balaban J connectivity index is 2.84. The number of nitro benzene ring substituents is 1. The van der Waals surface area contributed by atoms with Crippen molar-refractivity contribution < 1.29 is 4.92 Å². The Morgan fingerprint density at radius 2 is 2.21 bits per heavy atom. The van der Waals surface area contributed by atoms with E-state index in [9.17, 15) is 10.1 Å². The highest BCUT2D eigenvalue weighted by Crippen LogP contribution is 2.23. The number of benzene rings is 1. The average molecular weight is 210 g/mol. The molecular formula is C8H4ClN3O2. The summed E-state index contributed by atoms with van der Waals surface area (Å²) in [5.74, 6) is 0. The molecule has 2 aromatic rings. The molecule has 0 amide bonds. The summed E-state index contributed by atoms with van der Waals surface area (Å²) in [5.41, 5.74) is 0.198. The second kappa shape index (κ2) is 3.19. The molecule has 0 saturated heterocycles. The fourth-order valence-corrected chi connectivity index (χ4v) is 1.30. The molecule has 1 aromatic heterocycles. The van der Waals surface area contributed by atoms with Crippen molar-refractivity contribution in [2.24, 2.45) is 0 Å². The Bertz CT molecular complexity index is 515. The third kappa shape index (κ3) is 1.38. The summed E-state index contributed by atoms with van der Waals surface area (Å²) in [5, 5.41) is 11.2. The van der Waals surface area contributed by atoms with E-state index < -0.39 is 4.92 Å². The summed E-state index contributed by atoms with van der Waals surface area (Å²) in [6.45, 7) is 0. The molecule has 14 heavy (non-hydrogen) atoms. The number of nitrogens with zero attached hydrogens (tertiary/aromatic N) is 3. The number of hydrogen-bond acceptors (Lipinski definition) is 4. The molecular weight excluding hydrogens is 206 g/mol. The maximum atomic E-state index is 10.6. The molecule has 0 fully saturated rings. The van der Waals surface area contributed by atoms with Crippen LogP contribution in [0.1, 0.15) is 0 Å². The largest absolute Gasteiger partial charge is 0.295 e. The monoisotopic (exact) mass is 209 g/mol. The van der Waals surface area contributed by atoms with Gasteiger partial charge >= 0.3 is 0 Å². The van der Waals surface area contributed by atoms with Crippen LogP contribution in [0, 0.1) is 10.1 Å². The van der Waals surface area contributed by atoms with Crippen LogP contribution in [0.25, 0.3) is 10.9 Å². The van der Waals surface area contributed by atoms with Crippen molar-refractivity contribution in [3.63, 3.8) is 0 Å². The van der Waals surface area contributed by atoms with Gasteiger partial charge in [0.05, 0.1) is 4.92 Å². The lowest BCUT2D eigenvalue weighted by Crippen LogP contribution is -1.92. The first kappa shape index (κ1) is 8.83. The zero-order chi connectivity index (χ0) is 10.1. The van der Waals surface area contributed by atoms with Gasteiger partial charge in [-0.25, -0.2) is 9.97 Å². The van der Waals surface area contributed by atoms with Gasteiger partial charge in [-0.05, 0) is 11.6 Å². The van der Waals surface area contributed by atoms with Crippen LogP contribution in [0.3, 0.4) is 0 Å². The minimum Gasteiger partial charge on any atom is -0.258 e. The molecule has 0 spiro atoms. The van der Waals surface area contributed by atoms with Crippen LogP contribution >= 0.6 is 11.6 Å². The fraction of sp³-hybridized carbons (Fsp3) is 0. The molecule has 1 aromatic carbocycles. The highest BCUT2D eigenvalue weighted by molar-refractivity contribution is 6.28. The first-order chi connectivity index (χ1) is 6.68. The minimum absolute atomic E-state index is 0.00630. The fourth-order valence-electron chi connectivity index (χ4n) is 1.17. The van der Waals surface area contributed by atoms with E-state index in [-0.39, 0.29) is 16.5 Å². The summed E-state index contributed by atoms with van der Waals surface area (Å²) in [7, 11) is 0. The van der Waals surface area contributed by atoms with Crippen molar-refractivity contribution in [3.8, 4) is 0 Å². The van der Waals surface area contributed by atoms with E-state index in [1.165, 1.54) is 12.3 Å². The average Bonchev–Trinajstić information content (AvgIpc) is 2.16. The highest BCUT2D eigenvalue weighted by atomic mass is 35.5. The SMILES string of the molecule is O=[N+]([O-])c1cccc2cnc(Cl)nc12. The smallest absolute Gasteiger partial charge is 0.258 e. The number of rotatable bonds is 1. The number of non-ortho nitro benzene ring substituents is 1. The predicted octanol–water partition coefficient (Wildman–Crippen LogP) is 2.19. The highest BCUT2D eigenvalue weighted by Gasteiger charge is 2.12. The molecule has 6 heteroatoms. The lowest BCUT2D eigenvalue weighted by molar-refractivity contribution is -0.383. The van der Waals surface area contributed by atoms with E-state index in [1.807, 2.05) is 0 Å². The van der Waals surface area contributed by atoms with Crippen molar-refractivity contribution in [3.05, 3.63) is 39.8 Å². The normalized spacial score (nSPS) is 10.4. The third-order valence-corrected chi connectivity index (χ3v) is 1.94. The van der Waals surface area contributed by atoms with E-state index in [0.717, 1.165) is 0 Å². The van der Waals surface area contributed by atoms with Gasteiger partial charge in [-0.2, -0.15) is 0 Å². The lowest BCUT2D eigenvalue weighted by atomic mass is 10.2. The number of hydrogen-bond donors (Lipinski definition) is 0. The summed E-state index contributed by atoms with van der Waals surface area (Å²) in [6.07, 6.45) is 1.46. The minimum atomic E-state index is -0.494. The van der Waals surface area contributed by atoms with E-state index >= 15 is 0 Å². The van der Waals surface area contributed by atoms with Gasteiger partial charge in [-0.1, -0.05) is 12.1 Å². The van der Waals surface area contributed by atoms with Gasteiger partial charge in [-0.3, -0.25) is 10.1 Å². The van der Waals surface area contributed by atoms with Gasteiger partial charge in [0, 0.05) is 17.6 Å². The van der Waals surface area contributed by atoms with Crippen molar-refractivity contribution in [1.29, 1.82) is 0 Å². The number of aromatic nitrogens is 2. The van der Waals surface area contributed by atoms with E-state index in [0.29, 0.717) is 5.39 Å². The Morgan fingerprint density at radius 1 is 1.43 bits per heavy atom. The van der Waals surface area contributed by atoms with Gasteiger partial charge in [0.15, 0.2) is 5.52 Å². The first-order valence-corrected chi connectivity index (χ1v) is 4.12. The first-order valence-electron chi connectivity index (χ1n) is 3.74. The quantitative estimate of drug-likeness (QED) is 0.410. The Hall–Kier alpha value is -1.75. The van der Waals surface area contributed by atoms with Crippen LogP contribution in [-0.2, 0) is 0 Å². The summed E-state index contributed by atoms with van der Waals surface area (Å²) < 4.78 is 0. The molecule has 2 rings (SSSR count). The summed E-state index contributed by atoms with van der Waals surface area (Å²) in [6, 6.07) is 4.65. The van der Waals surface area contributed by atoms with Crippen LogP contribution in [-0.4, -0.2) is 14.9 Å². The van der Waals surface area contributed by atoms with Crippen molar-refractivity contribution >= 4 is 28.2 Å². The van der Waals surface area contributed by atoms with Gasteiger partial charge in [0.25, 0.3) is 5.69 Å². The molecule has 1 heterocycles. The second-order valence-electron chi connectivity index (χ2n) is 2.61. The van der Waals surface area contributed by atoms with Crippen molar-refractivity contribution in [2.75, 3.05) is 0 Å². The Kier molecular flexibility index (Phi) is 2.01. The molecule has 70 valence electrons. The van der Waals surface area contributed by atoms with Gasteiger partial charge < -0.3 is 0 Å². The molecule has 0 bridgehead atoms. The zero-order valence-corrected chi connectivity index (χ0v) is 7.60. The molecule has 0 N–H and O–H groups in total. The zero-order valence-electron chi connectivity index (χ0n) is 6.85. The van der Waals surface area contributed by atoms with Crippen LogP contribution in [0.15, 0.2) is 24.4 Å². The maximum absolute atomic E-state index is 10.6. The van der Waals surface area contributed by atoms with Crippen molar-refractivity contribution in [2.45, 2.75) is 0 Å². The van der Waals surface area contributed by atoms with Gasteiger partial charge in [0.2, 0.25) is 5.28 Å². The lowest BCUT2D eigenvalue weighted by Gasteiger charge is -1.97. The molecule has 0 radical (unpaired) electrons. The third-order valence-electron chi connectivity index (χ3n) is 1.76. The summed E-state index contributed by atoms with van der Waals surface area (Å²) >= 11 is 5.55. The van der Waals surface area contributed by atoms with E-state index in [4.69, 9.17) is 11.6 Å². The second-order valence-corrected chi connectivity index (χ2v) is 2.95. The van der Waals surface area contributed by atoms with Crippen LogP contribution in [0.5, 0.6) is 0 Å². The molecule has 0 aliphatic rings. The Labute approximate surface area is 83.5 Å². The van der Waals surface area contributed by atoms with E-state index in [1.54, 1.807) is 12.1 Å². The molecule has 0 atom stereocenters. The molecule has 0 unspecified atom stereocenters. The number of halogens is 1. The van der Waals surface area contributed by atoms with Crippen LogP contribution in [0.4, 0.5) is 5.69 Å². The predicted molar refractivity (Wildman–Crippen MR) is 51.2 cm³/mol. The van der Waals surface area contributed by atoms with Gasteiger partial charge in [-0.15, -0.1) is 0 Å². The molecule has 0 aliphatic heterocycles. The van der Waals surface area contributed by atoms with E-state index in [2.05, 4.69) is 9.97 Å².